The minimum atomic E-state index is -0.233. The van der Waals surface area contributed by atoms with Gasteiger partial charge in [-0.3, -0.25) is 9.78 Å². The average molecular weight is 465 g/mol. The Bertz CT molecular complexity index is 1500. The van der Waals surface area contributed by atoms with Crippen LogP contribution in [0.4, 0.5) is 5.69 Å². The van der Waals surface area contributed by atoms with E-state index >= 15 is 0 Å². The second-order valence-electron chi connectivity index (χ2n) is 8.39. The first-order valence-electron chi connectivity index (χ1n) is 11.2. The predicted molar refractivity (Wildman–Crippen MR) is 134 cm³/mol. The van der Waals surface area contributed by atoms with Crippen molar-refractivity contribution in [2.45, 2.75) is 20.8 Å². The van der Waals surface area contributed by atoms with Crippen molar-refractivity contribution in [3.8, 4) is 28.4 Å². The molecule has 5 rings (SSSR count). The molecule has 0 fully saturated rings. The van der Waals surface area contributed by atoms with Gasteiger partial charge in [-0.15, -0.1) is 10.2 Å². The van der Waals surface area contributed by atoms with Crippen LogP contribution >= 0.6 is 0 Å². The number of benzene rings is 2. The van der Waals surface area contributed by atoms with E-state index in [0.717, 1.165) is 33.7 Å². The van der Waals surface area contributed by atoms with Crippen LogP contribution in [0.15, 0.2) is 73.1 Å². The Balaban J connectivity index is 1.34. The molecule has 1 N–H and O–H groups in total. The van der Waals surface area contributed by atoms with Gasteiger partial charge in [0, 0.05) is 29.2 Å². The smallest absolute Gasteiger partial charge is 0.262 e. The molecule has 3 aromatic heterocycles. The number of pyridine rings is 1. The molecule has 2 aromatic carbocycles. The maximum atomic E-state index is 12.6. The predicted octanol–water partition coefficient (Wildman–Crippen LogP) is 4.80. The Hall–Kier alpha value is -4.59. The molecule has 174 valence electrons. The van der Waals surface area contributed by atoms with E-state index in [-0.39, 0.29) is 12.5 Å². The van der Waals surface area contributed by atoms with Crippen LogP contribution in [0, 0.1) is 20.8 Å². The standard InChI is InChI=1S/C27H24N6O2/c1-17-13-18(2)26(19(3)14-17)35-16-25(34)29-22-6-4-5-21(15-22)23-7-8-24-30-31-27(33(24)32-23)20-9-11-28-12-10-20/h4-15H,16H2,1-3H3,(H,29,34). The highest BCUT2D eigenvalue weighted by Crippen LogP contribution is 2.25. The number of nitrogens with one attached hydrogen (secondary N) is 1. The fourth-order valence-corrected chi connectivity index (χ4v) is 4.11. The summed E-state index contributed by atoms with van der Waals surface area (Å²) in [5.74, 6) is 1.15. The molecule has 0 bridgehead atoms. The Morgan fingerprint density at radius 1 is 0.914 bits per heavy atom. The van der Waals surface area contributed by atoms with Crippen molar-refractivity contribution in [1.29, 1.82) is 0 Å². The van der Waals surface area contributed by atoms with Gasteiger partial charge in [0.1, 0.15) is 5.75 Å². The van der Waals surface area contributed by atoms with E-state index in [9.17, 15) is 4.79 Å². The summed E-state index contributed by atoms with van der Waals surface area (Å²) in [5, 5.41) is 16.1. The van der Waals surface area contributed by atoms with Crippen molar-refractivity contribution in [2.75, 3.05) is 11.9 Å². The maximum Gasteiger partial charge on any atom is 0.262 e. The SMILES string of the molecule is Cc1cc(C)c(OCC(=O)Nc2cccc(-c3ccc4nnc(-c5ccncc5)n4n3)c2)c(C)c1. The number of amides is 1. The largest absolute Gasteiger partial charge is 0.483 e. The zero-order valence-corrected chi connectivity index (χ0v) is 19.7. The topological polar surface area (TPSA) is 94.3 Å². The van der Waals surface area contributed by atoms with Gasteiger partial charge in [0.2, 0.25) is 0 Å². The lowest BCUT2D eigenvalue weighted by Crippen LogP contribution is -2.20. The minimum Gasteiger partial charge on any atom is -0.483 e. The Morgan fingerprint density at radius 2 is 1.69 bits per heavy atom. The number of hydrogen-bond acceptors (Lipinski definition) is 6. The molecular formula is C27H24N6O2. The molecule has 5 aromatic rings. The lowest BCUT2D eigenvalue weighted by atomic mass is 10.1. The van der Waals surface area contributed by atoms with Crippen LogP contribution in [0.25, 0.3) is 28.3 Å². The lowest BCUT2D eigenvalue weighted by molar-refractivity contribution is -0.118. The monoisotopic (exact) mass is 464 g/mol. The van der Waals surface area contributed by atoms with Crippen LogP contribution in [0.3, 0.4) is 0 Å². The summed E-state index contributed by atoms with van der Waals surface area (Å²) in [6.45, 7) is 5.93. The van der Waals surface area contributed by atoms with Gasteiger partial charge >= 0.3 is 0 Å². The van der Waals surface area contributed by atoms with E-state index in [1.54, 1.807) is 16.9 Å². The van der Waals surface area contributed by atoms with E-state index < -0.39 is 0 Å². The molecule has 35 heavy (non-hydrogen) atoms. The van der Waals surface area contributed by atoms with Crippen molar-refractivity contribution < 1.29 is 9.53 Å². The molecule has 0 spiro atoms. The van der Waals surface area contributed by atoms with E-state index in [2.05, 4.69) is 20.5 Å². The molecule has 0 saturated heterocycles. The molecule has 1 amide bonds. The fraction of sp³-hybridized carbons (Fsp3) is 0.148. The van der Waals surface area contributed by atoms with Gasteiger partial charge in [-0.2, -0.15) is 9.61 Å². The molecule has 0 aliphatic carbocycles. The molecule has 0 aliphatic heterocycles. The third-order valence-corrected chi connectivity index (χ3v) is 5.60. The van der Waals surface area contributed by atoms with Gasteiger partial charge in [-0.05, 0) is 68.3 Å². The first-order chi connectivity index (χ1) is 17.0. The van der Waals surface area contributed by atoms with Gasteiger partial charge in [-0.25, -0.2) is 0 Å². The van der Waals surface area contributed by atoms with Crippen molar-refractivity contribution >= 4 is 17.2 Å². The van der Waals surface area contributed by atoms with Crippen LogP contribution in [0.5, 0.6) is 5.75 Å². The summed E-state index contributed by atoms with van der Waals surface area (Å²) >= 11 is 0. The highest BCUT2D eigenvalue weighted by Gasteiger charge is 2.12. The zero-order valence-electron chi connectivity index (χ0n) is 19.7. The van der Waals surface area contributed by atoms with Crippen molar-refractivity contribution in [3.63, 3.8) is 0 Å². The van der Waals surface area contributed by atoms with Gasteiger partial charge < -0.3 is 10.1 Å². The van der Waals surface area contributed by atoms with E-state index in [4.69, 9.17) is 9.84 Å². The Labute approximate surface area is 202 Å². The number of hydrogen-bond donors (Lipinski definition) is 1. The number of carbonyl (C=O) groups excluding carboxylic acids is 1. The van der Waals surface area contributed by atoms with Crippen LogP contribution in [0.1, 0.15) is 16.7 Å². The maximum absolute atomic E-state index is 12.6. The van der Waals surface area contributed by atoms with Gasteiger partial charge in [-0.1, -0.05) is 29.8 Å². The van der Waals surface area contributed by atoms with E-state index in [1.165, 1.54) is 5.56 Å². The highest BCUT2D eigenvalue weighted by molar-refractivity contribution is 5.92. The molecular weight excluding hydrogens is 440 g/mol. The van der Waals surface area contributed by atoms with Gasteiger partial charge in [0.25, 0.3) is 5.91 Å². The first-order valence-corrected chi connectivity index (χ1v) is 11.2. The normalized spacial score (nSPS) is 10.9. The molecule has 0 radical (unpaired) electrons. The molecule has 0 aliphatic rings. The number of carbonyl (C=O) groups is 1. The lowest BCUT2D eigenvalue weighted by Gasteiger charge is -2.13. The molecule has 8 nitrogen and oxygen atoms in total. The third-order valence-electron chi connectivity index (χ3n) is 5.60. The molecule has 0 saturated carbocycles. The second-order valence-corrected chi connectivity index (χ2v) is 8.39. The number of anilines is 1. The second kappa shape index (κ2) is 9.34. The molecule has 3 heterocycles. The van der Waals surface area contributed by atoms with E-state index in [0.29, 0.717) is 17.2 Å². The van der Waals surface area contributed by atoms with Gasteiger partial charge in [0.15, 0.2) is 18.1 Å². The number of rotatable bonds is 6. The quantitative estimate of drug-likeness (QED) is 0.388. The number of ether oxygens (including phenoxy) is 1. The molecule has 0 unspecified atom stereocenters. The van der Waals surface area contributed by atoms with Crippen LogP contribution in [-0.2, 0) is 4.79 Å². The third kappa shape index (κ3) is 4.72. The van der Waals surface area contributed by atoms with Crippen LogP contribution in [-0.4, -0.2) is 37.3 Å². The van der Waals surface area contributed by atoms with Crippen LogP contribution < -0.4 is 10.1 Å². The number of fused-ring (bicyclic) bond motifs is 1. The summed E-state index contributed by atoms with van der Waals surface area (Å²) < 4.78 is 7.52. The Morgan fingerprint density at radius 3 is 2.46 bits per heavy atom. The Kier molecular flexibility index (Phi) is 5.93. The summed E-state index contributed by atoms with van der Waals surface area (Å²) in [6.07, 6.45) is 3.41. The number of nitrogens with zero attached hydrogens (tertiary/aromatic N) is 5. The summed E-state index contributed by atoms with van der Waals surface area (Å²) in [7, 11) is 0. The summed E-state index contributed by atoms with van der Waals surface area (Å²) in [4.78, 5) is 16.6. The van der Waals surface area contributed by atoms with Gasteiger partial charge in [0.05, 0.1) is 5.69 Å². The number of aryl methyl sites for hydroxylation is 3. The fourth-order valence-electron chi connectivity index (χ4n) is 4.11. The highest BCUT2D eigenvalue weighted by atomic mass is 16.5. The molecule has 0 atom stereocenters. The molecule has 8 heteroatoms. The average Bonchev–Trinajstić information content (AvgIpc) is 3.27. The minimum absolute atomic E-state index is 0.0742. The van der Waals surface area contributed by atoms with Crippen molar-refractivity contribution in [1.82, 2.24) is 24.8 Å². The summed E-state index contributed by atoms with van der Waals surface area (Å²) in [6, 6.07) is 19.1. The summed E-state index contributed by atoms with van der Waals surface area (Å²) in [5.41, 5.74) is 6.95. The van der Waals surface area contributed by atoms with Crippen molar-refractivity contribution in [2.24, 2.45) is 0 Å². The number of aromatic nitrogens is 5. The zero-order chi connectivity index (χ0) is 24.4. The first kappa shape index (κ1) is 22.2. The van der Waals surface area contributed by atoms with E-state index in [1.807, 2.05) is 81.4 Å². The van der Waals surface area contributed by atoms with Crippen LogP contribution in [0.2, 0.25) is 0 Å². The van der Waals surface area contributed by atoms with Crippen molar-refractivity contribution in [3.05, 3.63) is 89.7 Å².